The van der Waals surface area contributed by atoms with Crippen LogP contribution in [0, 0.1) is 11.3 Å². The summed E-state index contributed by atoms with van der Waals surface area (Å²) in [4.78, 5) is 12.3. The standard InChI is InChI=1S/C21H21ClN2O3/c1-26-9-8-14-2-4-15(5-3-14)21(25)24-17-10-19(11-17)27-18-7-6-16(13-23)20(22)12-18/h2-7,12,17,19H,8-11H2,1H3,(H,24,25)/t17-,19-. The third-order valence-electron chi connectivity index (χ3n) is 4.60. The summed E-state index contributed by atoms with van der Waals surface area (Å²) in [6.07, 6.45) is 2.36. The number of nitrogens with one attached hydrogen (secondary N) is 1. The van der Waals surface area contributed by atoms with Crippen LogP contribution < -0.4 is 10.1 Å². The summed E-state index contributed by atoms with van der Waals surface area (Å²) in [5, 5.41) is 12.3. The number of carbonyl (C=O) groups is 1. The van der Waals surface area contributed by atoms with E-state index in [1.807, 2.05) is 30.3 Å². The van der Waals surface area contributed by atoms with E-state index in [0.29, 0.717) is 28.5 Å². The third-order valence-corrected chi connectivity index (χ3v) is 4.92. The maximum atomic E-state index is 12.3. The van der Waals surface area contributed by atoms with E-state index < -0.39 is 0 Å². The van der Waals surface area contributed by atoms with Gasteiger partial charge in [-0.25, -0.2) is 0 Å². The predicted molar refractivity (Wildman–Crippen MR) is 103 cm³/mol. The number of hydrogen-bond acceptors (Lipinski definition) is 4. The molecule has 1 aliphatic rings. The van der Waals surface area contributed by atoms with Gasteiger partial charge in [0, 0.05) is 37.6 Å². The second-order valence-electron chi connectivity index (χ2n) is 6.57. The number of benzene rings is 2. The number of carbonyl (C=O) groups excluding carboxylic acids is 1. The molecule has 140 valence electrons. The average Bonchev–Trinajstić information content (AvgIpc) is 2.65. The Hall–Kier alpha value is -2.55. The van der Waals surface area contributed by atoms with Crippen molar-refractivity contribution in [3.8, 4) is 11.8 Å². The molecule has 2 aromatic carbocycles. The normalized spacial score (nSPS) is 18.3. The lowest BCUT2D eigenvalue weighted by Gasteiger charge is -2.35. The Balaban J connectivity index is 1.45. The first kappa shape index (κ1) is 19.2. The van der Waals surface area contributed by atoms with Gasteiger partial charge >= 0.3 is 0 Å². The number of nitrogens with zero attached hydrogens (tertiary/aromatic N) is 1. The molecule has 5 nitrogen and oxygen atoms in total. The number of amides is 1. The van der Waals surface area contributed by atoms with Gasteiger partial charge in [-0.05, 0) is 36.2 Å². The largest absolute Gasteiger partial charge is 0.490 e. The highest BCUT2D eigenvalue weighted by atomic mass is 35.5. The maximum absolute atomic E-state index is 12.3. The van der Waals surface area contributed by atoms with Crippen molar-refractivity contribution in [2.45, 2.75) is 31.4 Å². The van der Waals surface area contributed by atoms with Crippen LogP contribution in [-0.4, -0.2) is 31.8 Å². The minimum Gasteiger partial charge on any atom is -0.490 e. The van der Waals surface area contributed by atoms with E-state index in [4.69, 9.17) is 26.3 Å². The smallest absolute Gasteiger partial charge is 0.251 e. The third kappa shape index (κ3) is 5.00. The summed E-state index contributed by atoms with van der Waals surface area (Å²) in [7, 11) is 1.67. The molecular formula is C21H21ClN2O3. The SMILES string of the molecule is COCCc1ccc(C(=O)N[C@H]2C[C@H](Oc3ccc(C#N)c(Cl)c3)C2)cc1. The Morgan fingerprint density at radius 3 is 2.63 bits per heavy atom. The summed E-state index contributed by atoms with van der Waals surface area (Å²) in [6, 6.07) is 14.7. The molecule has 1 N–H and O–H groups in total. The maximum Gasteiger partial charge on any atom is 0.251 e. The Morgan fingerprint density at radius 2 is 2.00 bits per heavy atom. The molecule has 2 aromatic rings. The fourth-order valence-corrected chi connectivity index (χ4v) is 3.16. The molecular weight excluding hydrogens is 364 g/mol. The lowest BCUT2D eigenvalue weighted by molar-refractivity contribution is 0.0701. The number of methoxy groups -OCH3 is 1. The molecule has 1 aliphatic carbocycles. The van der Waals surface area contributed by atoms with E-state index in [2.05, 4.69) is 5.32 Å². The molecule has 27 heavy (non-hydrogen) atoms. The Kier molecular flexibility index (Phi) is 6.33. The summed E-state index contributed by atoms with van der Waals surface area (Å²) < 4.78 is 10.9. The molecule has 0 bridgehead atoms. The van der Waals surface area contributed by atoms with Crippen molar-refractivity contribution in [2.75, 3.05) is 13.7 Å². The van der Waals surface area contributed by atoms with E-state index in [0.717, 1.165) is 24.8 Å². The molecule has 1 fully saturated rings. The van der Waals surface area contributed by atoms with E-state index >= 15 is 0 Å². The van der Waals surface area contributed by atoms with Crippen molar-refractivity contribution < 1.29 is 14.3 Å². The molecule has 0 saturated heterocycles. The molecule has 0 atom stereocenters. The van der Waals surface area contributed by atoms with Crippen LogP contribution in [0.2, 0.25) is 5.02 Å². The van der Waals surface area contributed by atoms with Gasteiger partial charge in [-0.15, -0.1) is 0 Å². The fraction of sp³-hybridized carbons (Fsp3) is 0.333. The van der Waals surface area contributed by atoms with Crippen LogP contribution in [0.1, 0.15) is 34.3 Å². The van der Waals surface area contributed by atoms with E-state index in [9.17, 15) is 4.79 Å². The number of hydrogen-bond donors (Lipinski definition) is 1. The van der Waals surface area contributed by atoms with Crippen molar-refractivity contribution in [1.29, 1.82) is 5.26 Å². The first-order valence-electron chi connectivity index (χ1n) is 8.84. The molecule has 1 saturated carbocycles. The van der Waals surface area contributed by atoms with Crippen molar-refractivity contribution in [1.82, 2.24) is 5.32 Å². The van der Waals surface area contributed by atoms with E-state index in [-0.39, 0.29) is 18.1 Å². The van der Waals surface area contributed by atoms with Crippen molar-refractivity contribution in [3.05, 3.63) is 64.2 Å². The van der Waals surface area contributed by atoms with Crippen molar-refractivity contribution in [2.24, 2.45) is 0 Å². The molecule has 1 amide bonds. The van der Waals surface area contributed by atoms with Gasteiger partial charge < -0.3 is 14.8 Å². The molecule has 0 aliphatic heterocycles. The van der Waals surface area contributed by atoms with Gasteiger partial charge in [0.15, 0.2) is 0 Å². The number of ether oxygens (including phenoxy) is 2. The minimum absolute atomic E-state index is 0.0377. The van der Waals surface area contributed by atoms with Gasteiger partial charge in [0.05, 0.1) is 17.2 Å². The van der Waals surface area contributed by atoms with Gasteiger partial charge in [-0.2, -0.15) is 5.26 Å². The van der Waals surface area contributed by atoms with E-state index in [1.54, 1.807) is 25.3 Å². The van der Waals surface area contributed by atoms with Gasteiger partial charge in [-0.1, -0.05) is 23.7 Å². The Morgan fingerprint density at radius 1 is 1.26 bits per heavy atom. The van der Waals surface area contributed by atoms with Crippen LogP contribution in [0.5, 0.6) is 5.75 Å². The van der Waals surface area contributed by atoms with E-state index in [1.165, 1.54) is 0 Å². The van der Waals surface area contributed by atoms with Gasteiger partial charge in [0.1, 0.15) is 17.9 Å². The second kappa shape index (κ2) is 8.90. The van der Waals surface area contributed by atoms with Gasteiger partial charge in [0.25, 0.3) is 5.91 Å². The molecule has 0 heterocycles. The molecule has 0 aromatic heterocycles. The van der Waals surface area contributed by atoms with Crippen LogP contribution in [0.25, 0.3) is 0 Å². The number of nitriles is 1. The Labute approximate surface area is 163 Å². The van der Waals surface area contributed by atoms with Crippen molar-refractivity contribution >= 4 is 17.5 Å². The Bertz CT molecular complexity index is 839. The zero-order chi connectivity index (χ0) is 19.2. The zero-order valence-corrected chi connectivity index (χ0v) is 15.8. The first-order chi connectivity index (χ1) is 13.1. The highest BCUT2D eigenvalue weighted by molar-refractivity contribution is 6.31. The van der Waals surface area contributed by atoms with Gasteiger partial charge in [0.2, 0.25) is 0 Å². The topological polar surface area (TPSA) is 71.3 Å². The van der Waals surface area contributed by atoms with Crippen LogP contribution >= 0.6 is 11.6 Å². The average molecular weight is 385 g/mol. The molecule has 6 heteroatoms. The lowest BCUT2D eigenvalue weighted by atomic mass is 9.89. The van der Waals surface area contributed by atoms with Crippen LogP contribution in [-0.2, 0) is 11.2 Å². The van der Waals surface area contributed by atoms with Crippen molar-refractivity contribution in [3.63, 3.8) is 0 Å². The summed E-state index contributed by atoms with van der Waals surface area (Å²) in [5.41, 5.74) is 2.22. The fourth-order valence-electron chi connectivity index (χ4n) is 2.94. The second-order valence-corrected chi connectivity index (χ2v) is 6.98. The molecule has 0 unspecified atom stereocenters. The van der Waals surface area contributed by atoms with Crippen LogP contribution in [0.4, 0.5) is 0 Å². The summed E-state index contributed by atoms with van der Waals surface area (Å²) in [5.74, 6) is 0.568. The lowest BCUT2D eigenvalue weighted by Crippen LogP contribution is -2.49. The highest BCUT2D eigenvalue weighted by Crippen LogP contribution is 2.29. The summed E-state index contributed by atoms with van der Waals surface area (Å²) in [6.45, 7) is 0.666. The van der Waals surface area contributed by atoms with Gasteiger partial charge in [-0.3, -0.25) is 4.79 Å². The predicted octanol–water partition coefficient (Wildman–Crippen LogP) is 3.74. The molecule has 0 radical (unpaired) electrons. The number of rotatable bonds is 7. The van der Waals surface area contributed by atoms with Crippen LogP contribution in [0.15, 0.2) is 42.5 Å². The summed E-state index contributed by atoms with van der Waals surface area (Å²) >= 11 is 6.01. The zero-order valence-electron chi connectivity index (χ0n) is 15.1. The highest BCUT2D eigenvalue weighted by Gasteiger charge is 2.32. The minimum atomic E-state index is -0.0711. The quantitative estimate of drug-likeness (QED) is 0.789. The molecule has 0 spiro atoms. The monoisotopic (exact) mass is 384 g/mol. The molecule has 3 rings (SSSR count). The van der Waals surface area contributed by atoms with Crippen LogP contribution in [0.3, 0.4) is 0 Å². The number of halogens is 1. The first-order valence-corrected chi connectivity index (χ1v) is 9.22.